The number of allylic oxidation sites excluding steroid dienone is 2. The fourth-order valence-corrected chi connectivity index (χ4v) is 4.96. The zero-order valence-electron chi connectivity index (χ0n) is 15.8. The summed E-state index contributed by atoms with van der Waals surface area (Å²) < 4.78 is 0. The van der Waals surface area contributed by atoms with Crippen molar-refractivity contribution in [1.82, 2.24) is 14.8 Å². The molecule has 0 saturated carbocycles. The van der Waals surface area contributed by atoms with E-state index in [1.54, 1.807) is 6.20 Å². The highest BCUT2D eigenvalue weighted by atomic mass is 16.2. The number of aromatic nitrogens is 1. The van der Waals surface area contributed by atoms with E-state index in [1.807, 2.05) is 12.3 Å². The predicted molar refractivity (Wildman–Crippen MR) is 103 cm³/mol. The number of nitrogens with zero attached hydrogens (tertiary/aromatic N) is 3. The van der Waals surface area contributed by atoms with Gasteiger partial charge in [0.1, 0.15) is 0 Å². The monoisotopic (exact) mass is 353 g/mol. The molecule has 3 aliphatic rings. The number of rotatable bonds is 4. The molecule has 0 radical (unpaired) electrons. The number of pyridine rings is 1. The van der Waals surface area contributed by atoms with E-state index < -0.39 is 0 Å². The van der Waals surface area contributed by atoms with Crippen molar-refractivity contribution < 1.29 is 4.79 Å². The number of likely N-dealkylation sites (tertiary alicyclic amines) is 2. The number of carbonyl (C=O) groups is 1. The summed E-state index contributed by atoms with van der Waals surface area (Å²) in [5.74, 6) is 1.17. The van der Waals surface area contributed by atoms with Crippen molar-refractivity contribution in [3.8, 4) is 0 Å². The normalized spacial score (nSPS) is 26.4. The van der Waals surface area contributed by atoms with Gasteiger partial charge in [-0.05, 0) is 74.6 Å². The molecule has 1 spiro atoms. The molecule has 1 aliphatic carbocycles. The largest absolute Gasteiger partial charge is 0.338 e. The molecule has 3 heterocycles. The second kappa shape index (κ2) is 7.91. The molecule has 1 aromatic heterocycles. The summed E-state index contributed by atoms with van der Waals surface area (Å²) in [5, 5.41) is 0. The van der Waals surface area contributed by atoms with Crippen molar-refractivity contribution >= 4 is 5.91 Å². The molecule has 2 aliphatic heterocycles. The minimum absolute atomic E-state index is 0.316. The maximum absolute atomic E-state index is 12.4. The summed E-state index contributed by atoms with van der Waals surface area (Å²) in [6.45, 7) is 5.32. The lowest BCUT2D eigenvalue weighted by Gasteiger charge is -2.48. The zero-order chi connectivity index (χ0) is 17.8. The molecule has 4 heteroatoms. The Balaban J connectivity index is 1.32. The van der Waals surface area contributed by atoms with Gasteiger partial charge in [-0.25, -0.2) is 0 Å². The van der Waals surface area contributed by atoms with Crippen LogP contribution in [0.5, 0.6) is 0 Å². The average molecular weight is 354 g/mol. The summed E-state index contributed by atoms with van der Waals surface area (Å²) in [6, 6.07) is 4.03. The van der Waals surface area contributed by atoms with Crippen LogP contribution in [0.3, 0.4) is 0 Å². The van der Waals surface area contributed by atoms with Crippen LogP contribution in [0.1, 0.15) is 50.5 Å². The highest BCUT2D eigenvalue weighted by Crippen LogP contribution is 2.41. The second-order valence-electron chi connectivity index (χ2n) is 8.56. The maximum Gasteiger partial charge on any atom is 0.222 e. The third-order valence-electron chi connectivity index (χ3n) is 6.66. The van der Waals surface area contributed by atoms with E-state index in [0.717, 1.165) is 24.4 Å². The highest BCUT2D eigenvalue weighted by Gasteiger charge is 2.41. The van der Waals surface area contributed by atoms with Gasteiger partial charge < -0.3 is 9.80 Å². The quantitative estimate of drug-likeness (QED) is 0.776. The summed E-state index contributed by atoms with van der Waals surface area (Å²) in [5.41, 5.74) is 1.49. The molecular formula is C22H31N3O. The van der Waals surface area contributed by atoms with Gasteiger partial charge in [-0.15, -0.1) is 0 Å². The maximum atomic E-state index is 12.4. The number of hydrogen-bond acceptors (Lipinski definition) is 3. The van der Waals surface area contributed by atoms with Gasteiger partial charge in [-0.2, -0.15) is 0 Å². The van der Waals surface area contributed by atoms with Crippen LogP contribution in [0, 0.1) is 11.3 Å². The molecule has 0 N–H and O–H groups in total. The van der Waals surface area contributed by atoms with Crippen LogP contribution >= 0.6 is 0 Å². The second-order valence-corrected chi connectivity index (χ2v) is 8.56. The topological polar surface area (TPSA) is 36.4 Å². The Morgan fingerprint density at radius 3 is 2.81 bits per heavy atom. The third kappa shape index (κ3) is 4.17. The molecule has 4 nitrogen and oxygen atoms in total. The van der Waals surface area contributed by atoms with Crippen molar-refractivity contribution in [3.05, 3.63) is 42.2 Å². The van der Waals surface area contributed by atoms with Crippen LogP contribution in [0.2, 0.25) is 0 Å². The Bertz CT molecular complexity index is 634. The van der Waals surface area contributed by atoms with E-state index in [1.165, 1.54) is 51.7 Å². The van der Waals surface area contributed by atoms with Gasteiger partial charge in [-0.1, -0.05) is 18.2 Å². The van der Waals surface area contributed by atoms with Crippen molar-refractivity contribution in [2.45, 2.75) is 51.5 Å². The van der Waals surface area contributed by atoms with Gasteiger partial charge in [0, 0.05) is 38.4 Å². The summed E-state index contributed by atoms with van der Waals surface area (Å²) in [4.78, 5) is 21.4. The van der Waals surface area contributed by atoms with Crippen molar-refractivity contribution in [2.24, 2.45) is 11.3 Å². The van der Waals surface area contributed by atoms with Crippen LogP contribution in [0.25, 0.3) is 0 Å². The van der Waals surface area contributed by atoms with Gasteiger partial charge >= 0.3 is 0 Å². The Hall–Kier alpha value is -1.68. The van der Waals surface area contributed by atoms with Gasteiger partial charge in [-0.3, -0.25) is 9.78 Å². The Kier molecular flexibility index (Phi) is 5.39. The Morgan fingerprint density at radius 2 is 2.08 bits per heavy atom. The van der Waals surface area contributed by atoms with E-state index in [9.17, 15) is 4.79 Å². The lowest BCUT2D eigenvalue weighted by atomic mass is 9.72. The smallest absolute Gasteiger partial charge is 0.222 e. The van der Waals surface area contributed by atoms with Crippen LogP contribution in [0.4, 0.5) is 0 Å². The van der Waals surface area contributed by atoms with Gasteiger partial charge in [0.25, 0.3) is 0 Å². The molecule has 4 rings (SSSR count). The van der Waals surface area contributed by atoms with E-state index in [0.29, 0.717) is 24.3 Å². The van der Waals surface area contributed by atoms with Gasteiger partial charge in [0.05, 0.1) is 0 Å². The average Bonchev–Trinajstić information content (AvgIpc) is 2.69. The van der Waals surface area contributed by atoms with Crippen LogP contribution < -0.4 is 0 Å². The summed E-state index contributed by atoms with van der Waals surface area (Å²) in [6.07, 6.45) is 16.5. The molecule has 1 unspecified atom stereocenters. The number of piperidine rings is 2. The van der Waals surface area contributed by atoms with Crippen LogP contribution in [-0.2, 0) is 11.3 Å². The molecule has 2 fully saturated rings. The number of amides is 1. The molecule has 1 amide bonds. The van der Waals surface area contributed by atoms with E-state index in [-0.39, 0.29) is 0 Å². The molecule has 140 valence electrons. The van der Waals surface area contributed by atoms with E-state index >= 15 is 0 Å². The van der Waals surface area contributed by atoms with Crippen LogP contribution in [-0.4, -0.2) is 46.9 Å². The first-order valence-corrected chi connectivity index (χ1v) is 10.3. The van der Waals surface area contributed by atoms with Gasteiger partial charge in [0.2, 0.25) is 5.91 Å². The fourth-order valence-electron chi connectivity index (χ4n) is 4.96. The van der Waals surface area contributed by atoms with Crippen molar-refractivity contribution in [2.75, 3.05) is 26.2 Å². The first-order chi connectivity index (χ1) is 12.7. The summed E-state index contributed by atoms with van der Waals surface area (Å²) >= 11 is 0. The third-order valence-corrected chi connectivity index (χ3v) is 6.66. The van der Waals surface area contributed by atoms with Crippen molar-refractivity contribution in [1.29, 1.82) is 0 Å². The molecule has 2 saturated heterocycles. The molecule has 0 aromatic carbocycles. The lowest BCUT2D eigenvalue weighted by molar-refractivity contribution is -0.140. The standard InChI is InChI=1S/C22H31N3O/c26-21-8-9-22(18-25(21)17-20-7-4-12-23-15-20)10-13-24(14-11-22)16-19-5-2-1-3-6-19/h1-2,4,7,12,15,19H,3,5-6,8-11,13-14,16-18H2. The molecule has 26 heavy (non-hydrogen) atoms. The highest BCUT2D eigenvalue weighted by molar-refractivity contribution is 5.77. The van der Waals surface area contributed by atoms with Gasteiger partial charge in [0.15, 0.2) is 0 Å². The van der Waals surface area contributed by atoms with E-state index in [2.05, 4.69) is 33.0 Å². The molecule has 1 atom stereocenters. The Labute approximate surface area is 157 Å². The fraction of sp³-hybridized carbons (Fsp3) is 0.636. The Morgan fingerprint density at radius 1 is 1.19 bits per heavy atom. The molecule has 1 aromatic rings. The predicted octanol–water partition coefficient (Wildman–Crippen LogP) is 3.64. The molecule has 0 bridgehead atoms. The van der Waals surface area contributed by atoms with E-state index in [4.69, 9.17) is 0 Å². The van der Waals surface area contributed by atoms with Crippen molar-refractivity contribution in [3.63, 3.8) is 0 Å². The van der Waals surface area contributed by atoms with Crippen LogP contribution in [0.15, 0.2) is 36.7 Å². The molecular weight excluding hydrogens is 322 g/mol. The first-order valence-electron chi connectivity index (χ1n) is 10.3. The number of hydrogen-bond donors (Lipinski definition) is 0. The minimum Gasteiger partial charge on any atom is -0.338 e. The first kappa shape index (κ1) is 17.7. The summed E-state index contributed by atoms with van der Waals surface area (Å²) in [7, 11) is 0. The number of carbonyl (C=O) groups excluding carboxylic acids is 1. The zero-order valence-corrected chi connectivity index (χ0v) is 15.8. The lowest BCUT2D eigenvalue weighted by Crippen LogP contribution is -2.51. The SMILES string of the molecule is O=C1CCC2(CCN(CC3CC=CCC3)CC2)CN1Cc1cccnc1. The minimum atomic E-state index is 0.316.